The first kappa shape index (κ1) is 20.2. The molecule has 1 aliphatic heterocycles. The van der Waals surface area contributed by atoms with Crippen LogP contribution in [-0.4, -0.2) is 41.3 Å². The van der Waals surface area contributed by atoms with Crippen LogP contribution in [-0.2, 0) is 10.5 Å². The van der Waals surface area contributed by atoms with Crippen LogP contribution in [0.4, 0.5) is 4.79 Å². The summed E-state index contributed by atoms with van der Waals surface area (Å²) < 4.78 is 0. The normalized spacial score (nSPS) is 15.3. The van der Waals surface area contributed by atoms with E-state index in [1.165, 1.54) is 4.90 Å². The summed E-state index contributed by atoms with van der Waals surface area (Å²) in [6, 6.07) is 16.8. The standard InChI is InChI=1S/C21H20N2O3S2/c1-27-14-16-7-9-17(10-8-16)19(24)22-11-12-23-20(25)18(28-21(23)26)13-15-5-3-2-4-6-15/h2-10,13H,11-12,14H2,1H3,(H,22,24)/b18-13-. The second-order valence-corrected chi connectivity index (χ2v) is 7.99. The largest absolute Gasteiger partial charge is 0.350 e. The van der Waals surface area contributed by atoms with Crippen molar-refractivity contribution in [3.05, 3.63) is 76.2 Å². The summed E-state index contributed by atoms with van der Waals surface area (Å²) in [5.74, 6) is 0.356. The average molecular weight is 413 g/mol. The van der Waals surface area contributed by atoms with E-state index in [2.05, 4.69) is 5.32 Å². The van der Waals surface area contributed by atoms with E-state index >= 15 is 0 Å². The second-order valence-electron chi connectivity index (χ2n) is 6.13. The minimum atomic E-state index is -0.325. The summed E-state index contributed by atoms with van der Waals surface area (Å²) in [5, 5.41) is 2.45. The van der Waals surface area contributed by atoms with Crippen molar-refractivity contribution in [3.8, 4) is 0 Å². The number of carbonyl (C=O) groups is 3. The smallest absolute Gasteiger partial charge is 0.293 e. The molecule has 2 aromatic rings. The van der Waals surface area contributed by atoms with E-state index in [0.29, 0.717) is 10.5 Å². The first-order valence-corrected chi connectivity index (χ1v) is 11.0. The number of hydrogen-bond acceptors (Lipinski definition) is 5. The van der Waals surface area contributed by atoms with E-state index in [9.17, 15) is 14.4 Å². The van der Waals surface area contributed by atoms with Crippen LogP contribution in [0.15, 0.2) is 59.5 Å². The quantitative estimate of drug-likeness (QED) is 0.696. The summed E-state index contributed by atoms with van der Waals surface area (Å²) in [4.78, 5) is 38.4. The number of hydrogen-bond donors (Lipinski definition) is 1. The van der Waals surface area contributed by atoms with Gasteiger partial charge in [-0.25, -0.2) is 0 Å². The third-order valence-corrected chi connectivity index (χ3v) is 5.65. The van der Waals surface area contributed by atoms with Crippen molar-refractivity contribution in [1.82, 2.24) is 10.2 Å². The van der Waals surface area contributed by atoms with Gasteiger partial charge in [-0.1, -0.05) is 42.5 Å². The van der Waals surface area contributed by atoms with Gasteiger partial charge in [0.2, 0.25) is 0 Å². The summed E-state index contributed by atoms with van der Waals surface area (Å²) in [6.07, 6.45) is 3.74. The molecule has 0 spiro atoms. The van der Waals surface area contributed by atoms with Crippen molar-refractivity contribution in [3.63, 3.8) is 0 Å². The molecule has 28 heavy (non-hydrogen) atoms. The van der Waals surface area contributed by atoms with Crippen LogP contribution in [0.5, 0.6) is 0 Å². The molecule has 1 saturated heterocycles. The second kappa shape index (κ2) is 9.61. The summed E-state index contributed by atoms with van der Waals surface area (Å²) in [6.45, 7) is 0.356. The number of thioether (sulfide) groups is 2. The van der Waals surface area contributed by atoms with Crippen molar-refractivity contribution in [1.29, 1.82) is 0 Å². The zero-order valence-corrected chi connectivity index (χ0v) is 17.0. The lowest BCUT2D eigenvalue weighted by molar-refractivity contribution is -0.122. The Bertz CT molecular complexity index is 896. The molecule has 7 heteroatoms. The number of amides is 3. The van der Waals surface area contributed by atoms with Gasteiger partial charge in [-0.3, -0.25) is 19.3 Å². The van der Waals surface area contributed by atoms with Crippen molar-refractivity contribution in [2.24, 2.45) is 0 Å². The predicted octanol–water partition coefficient (Wildman–Crippen LogP) is 4.02. The fourth-order valence-corrected chi connectivity index (χ4v) is 4.09. The monoisotopic (exact) mass is 412 g/mol. The highest BCUT2D eigenvalue weighted by atomic mass is 32.2. The van der Waals surface area contributed by atoms with Gasteiger partial charge in [-0.2, -0.15) is 11.8 Å². The lowest BCUT2D eigenvalue weighted by Gasteiger charge is -2.13. The molecule has 0 bridgehead atoms. The molecule has 0 radical (unpaired) electrons. The van der Waals surface area contributed by atoms with Crippen LogP contribution in [0.2, 0.25) is 0 Å². The topological polar surface area (TPSA) is 66.5 Å². The summed E-state index contributed by atoms with van der Waals surface area (Å²) in [5.41, 5.74) is 2.58. The Morgan fingerprint density at radius 2 is 1.82 bits per heavy atom. The maximum atomic E-state index is 12.5. The number of nitrogens with zero attached hydrogens (tertiary/aromatic N) is 1. The van der Waals surface area contributed by atoms with Crippen LogP contribution < -0.4 is 5.32 Å². The molecule has 1 heterocycles. The van der Waals surface area contributed by atoms with Gasteiger partial charge < -0.3 is 5.32 Å². The predicted molar refractivity (Wildman–Crippen MR) is 115 cm³/mol. The highest BCUT2D eigenvalue weighted by molar-refractivity contribution is 8.18. The Kier molecular flexibility index (Phi) is 6.95. The third-order valence-electron chi connectivity index (χ3n) is 4.12. The van der Waals surface area contributed by atoms with Gasteiger partial charge >= 0.3 is 0 Å². The third kappa shape index (κ3) is 5.05. The average Bonchev–Trinajstić information content (AvgIpc) is 2.97. The molecule has 0 aliphatic carbocycles. The highest BCUT2D eigenvalue weighted by Crippen LogP contribution is 2.31. The Balaban J connectivity index is 1.54. The first-order valence-electron chi connectivity index (χ1n) is 8.75. The first-order chi connectivity index (χ1) is 13.6. The van der Waals surface area contributed by atoms with E-state index in [-0.39, 0.29) is 30.1 Å². The molecule has 3 rings (SSSR count). The molecule has 5 nitrogen and oxygen atoms in total. The number of imide groups is 1. The zero-order chi connectivity index (χ0) is 19.9. The van der Waals surface area contributed by atoms with Crippen LogP contribution >= 0.6 is 23.5 Å². The summed E-state index contributed by atoms with van der Waals surface area (Å²) in [7, 11) is 0. The molecule has 1 N–H and O–H groups in total. The SMILES string of the molecule is CSCc1ccc(C(=O)NCCN2C(=O)S/C(=C\c3ccccc3)C2=O)cc1. The lowest BCUT2D eigenvalue weighted by Crippen LogP contribution is -2.37. The van der Waals surface area contributed by atoms with Gasteiger partial charge in [0, 0.05) is 24.4 Å². The molecule has 144 valence electrons. The van der Waals surface area contributed by atoms with Gasteiger partial charge in [-0.05, 0) is 47.4 Å². The minimum absolute atomic E-state index is 0.146. The van der Waals surface area contributed by atoms with E-state index in [1.54, 1.807) is 30.0 Å². The van der Waals surface area contributed by atoms with Gasteiger partial charge in [0.15, 0.2) is 0 Å². The van der Waals surface area contributed by atoms with E-state index in [1.807, 2.05) is 48.7 Å². The van der Waals surface area contributed by atoms with Gasteiger partial charge in [0.1, 0.15) is 0 Å². The molecule has 0 atom stereocenters. The van der Waals surface area contributed by atoms with Crippen molar-refractivity contribution < 1.29 is 14.4 Å². The van der Waals surface area contributed by atoms with E-state index < -0.39 is 0 Å². The highest BCUT2D eigenvalue weighted by Gasteiger charge is 2.34. The molecular formula is C21H20N2O3S2. The molecule has 1 aliphatic rings. The van der Waals surface area contributed by atoms with Crippen LogP contribution in [0.1, 0.15) is 21.5 Å². The Morgan fingerprint density at radius 1 is 1.11 bits per heavy atom. The van der Waals surface area contributed by atoms with Crippen LogP contribution in [0.3, 0.4) is 0 Å². The number of carbonyl (C=O) groups excluding carboxylic acids is 3. The van der Waals surface area contributed by atoms with Crippen molar-refractivity contribution in [2.45, 2.75) is 5.75 Å². The lowest BCUT2D eigenvalue weighted by atomic mass is 10.1. The molecule has 0 aromatic heterocycles. The molecule has 0 saturated carbocycles. The molecule has 2 aromatic carbocycles. The maximum absolute atomic E-state index is 12.5. The Morgan fingerprint density at radius 3 is 2.50 bits per heavy atom. The van der Waals surface area contributed by atoms with Crippen LogP contribution in [0, 0.1) is 0 Å². The summed E-state index contributed by atoms with van der Waals surface area (Å²) >= 11 is 2.64. The van der Waals surface area contributed by atoms with E-state index in [4.69, 9.17) is 0 Å². The molecule has 0 unspecified atom stereocenters. The number of rotatable bonds is 7. The molecule has 3 amide bonds. The van der Waals surface area contributed by atoms with Crippen molar-refractivity contribution in [2.75, 3.05) is 19.3 Å². The van der Waals surface area contributed by atoms with Gasteiger partial charge in [-0.15, -0.1) is 0 Å². The fraction of sp³-hybridized carbons (Fsp3) is 0.190. The number of nitrogens with one attached hydrogen (secondary N) is 1. The Hall–Kier alpha value is -2.51. The fourth-order valence-electron chi connectivity index (χ4n) is 2.70. The van der Waals surface area contributed by atoms with Gasteiger partial charge in [0.25, 0.3) is 17.1 Å². The van der Waals surface area contributed by atoms with Gasteiger partial charge in [0.05, 0.1) is 4.91 Å². The number of benzene rings is 2. The van der Waals surface area contributed by atoms with Crippen LogP contribution in [0.25, 0.3) is 6.08 Å². The van der Waals surface area contributed by atoms with E-state index in [0.717, 1.165) is 28.6 Å². The Labute approximate surface area is 172 Å². The zero-order valence-electron chi connectivity index (χ0n) is 15.4. The maximum Gasteiger partial charge on any atom is 0.293 e. The van der Waals surface area contributed by atoms with Crippen molar-refractivity contribution >= 4 is 46.7 Å². The minimum Gasteiger partial charge on any atom is -0.350 e. The molecular weight excluding hydrogens is 392 g/mol. The molecule has 1 fully saturated rings.